The monoisotopic (exact) mass is 374 g/mol. The minimum atomic E-state index is -0.190. The van der Waals surface area contributed by atoms with Crippen molar-refractivity contribution in [1.82, 2.24) is 5.32 Å². The zero-order chi connectivity index (χ0) is 19.8. The highest BCUT2D eigenvalue weighted by Gasteiger charge is 2.13. The molecule has 0 saturated carbocycles. The number of carbonyl (C=O) groups excluding carboxylic acids is 2. The summed E-state index contributed by atoms with van der Waals surface area (Å²) in [5.41, 5.74) is 2.40. The van der Waals surface area contributed by atoms with Crippen LogP contribution in [0.1, 0.15) is 15.9 Å². The van der Waals surface area contributed by atoms with Crippen LogP contribution < -0.4 is 15.0 Å². The van der Waals surface area contributed by atoms with Crippen molar-refractivity contribution >= 4 is 17.5 Å². The molecule has 0 spiro atoms. The van der Waals surface area contributed by atoms with Crippen molar-refractivity contribution in [2.75, 3.05) is 18.6 Å². The summed E-state index contributed by atoms with van der Waals surface area (Å²) in [6.45, 7) is 0.402. The highest BCUT2D eigenvalue weighted by Crippen LogP contribution is 2.20. The number of anilines is 1. The molecule has 142 valence electrons. The van der Waals surface area contributed by atoms with E-state index in [1.54, 1.807) is 48.3 Å². The van der Waals surface area contributed by atoms with Gasteiger partial charge in [0.25, 0.3) is 11.8 Å². The van der Waals surface area contributed by atoms with Crippen LogP contribution in [0, 0.1) is 0 Å². The molecule has 5 heteroatoms. The molecule has 2 amide bonds. The lowest BCUT2D eigenvalue weighted by molar-refractivity contribution is -0.123. The summed E-state index contributed by atoms with van der Waals surface area (Å²) >= 11 is 0. The normalized spacial score (nSPS) is 10.2. The Morgan fingerprint density at radius 2 is 1.46 bits per heavy atom. The summed E-state index contributed by atoms with van der Waals surface area (Å²) < 4.78 is 5.52. The van der Waals surface area contributed by atoms with Crippen molar-refractivity contribution in [2.24, 2.45) is 0 Å². The fourth-order valence-corrected chi connectivity index (χ4v) is 2.65. The molecule has 0 radical (unpaired) electrons. The van der Waals surface area contributed by atoms with Crippen LogP contribution in [0.5, 0.6) is 5.75 Å². The van der Waals surface area contributed by atoms with Crippen molar-refractivity contribution in [1.29, 1.82) is 0 Å². The van der Waals surface area contributed by atoms with Gasteiger partial charge < -0.3 is 15.0 Å². The molecule has 1 N–H and O–H groups in total. The van der Waals surface area contributed by atoms with E-state index in [9.17, 15) is 9.59 Å². The smallest absolute Gasteiger partial charge is 0.258 e. The highest BCUT2D eigenvalue weighted by molar-refractivity contribution is 6.05. The van der Waals surface area contributed by atoms with Crippen LogP contribution in [0.3, 0.4) is 0 Å². The Balaban J connectivity index is 1.50. The standard InChI is InChI=1S/C23H22N2O3/c1-25(23(27)19-10-6-3-7-11-19)20-12-14-21(15-13-20)28-17-22(26)24-16-18-8-4-2-5-9-18/h2-15H,16-17H2,1H3,(H,24,26). The molecule has 0 unspecified atom stereocenters. The van der Waals surface area contributed by atoms with E-state index in [4.69, 9.17) is 4.74 Å². The van der Waals surface area contributed by atoms with Gasteiger partial charge in [-0.1, -0.05) is 48.5 Å². The Labute approximate surface area is 164 Å². The second kappa shape index (κ2) is 9.37. The van der Waals surface area contributed by atoms with E-state index < -0.39 is 0 Å². The molecule has 0 aliphatic heterocycles. The van der Waals surface area contributed by atoms with Crippen molar-refractivity contribution in [3.8, 4) is 5.75 Å². The molecule has 28 heavy (non-hydrogen) atoms. The van der Waals surface area contributed by atoms with E-state index >= 15 is 0 Å². The minimum absolute atomic E-state index is 0.0645. The van der Waals surface area contributed by atoms with Crippen LogP contribution in [-0.2, 0) is 11.3 Å². The number of carbonyl (C=O) groups is 2. The quantitative estimate of drug-likeness (QED) is 0.687. The molecular weight excluding hydrogens is 352 g/mol. The zero-order valence-corrected chi connectivity index (χ0v) is 15.7. The Kier molecular flexibility index (Phi) is 6.41. The summed E-state index contributed by atoms with van der Waals surface area (Å²) in [6.07, 6.45) is 0. The molecule has 3 aromatic carbocycles. The molecule has 3 aromatic rings. The molecule has 0 bridgehead atoms. The predicted octanol–water partition coefficient (Wildman–Crippen LogP) is 3.66. The number of ether oxygens (including phenoxy) is 1. The van der Waals surface area contributed by atoms with Gasteiger partial charge in [0.2, 0.25) is 0 Å². The SMILES string of the molecule is CN(C(=O)c1ccccc1)c1ccc(OCC(=O)NCc2ccccc2)cc1. The van der Waals surface area contributed by atoms with Crippen LogP contribution in [0.2, 0.25) is 0 Å². The second-order valence-corrected chi connectivity index (χ2v) is 6.28. The summed E-state index contributed by atoms with van der Waals surface area (Å²) in [5.74, 6) is 0.290. The van der Waals surface area contributed by atoms with Crippen molar-refractivity contribution in [2.45, 2.75) is 6.54 Å². The summed E-state index contributed by atoms with van der Waals surface area (Å²) in [7, 11) is 1.72. The largest absolute Gasteiger partial charge is 0.484 e. The second-order valence-electron chi connectivity index (χ2n) is 6.28. The Hall–Kier alpha value is -3.60. The number of amides is 2. The lowest BCUT2D eigenvalue weighted by Crippen LogP contribution is -2.28. The maximum absolute atomic E-state index is 12.5. The van der Waals surface area contributed by atoms with Crippen LogP contribution in [0.25, 0.3) is 0 Å². The summed E-state index contributed by atoms with van der Waals surface area (Å²) in [6, 6.07) is 25.9. The first-order valence-corrected chi connectivity index (χ1v) is 9.00. The number of benzene rings is 3. The van der Waals surface area contributed by atoms with Crippen molar-refractivity contribution in [3.05, 3.63) is 96.1 Å². The van der Waals surface area contributed by atoms with E-state index in [1.165, 1.54) is 0 Å². The van der Waals surface area contributed by atoms with E-state index in [-0.39, 0.29) is 18.4 Å². The topological polar surface area (TPSA) is 58.6 Å². The van der Waals surface area contributed by atoms with Gasteiger partial charge in [0, 0.05) is 24.8 Å². The first-order valence-electron chi connectivity index (χ1n) is 9.00. The fourth-order valence-electron chi connectivity index (χ4n) is 2.65. The number of nitrogens with zero attached hydrogens (tertiary/aromatic N) is 1. The molecule has 5 nitrogen and oxygen atoms in total. The van der Waals surface area contributed by atoms with Gasteiger partial charge in [-0.15, -0.1) is 0 Å². The van der Waals surface area contributed by atoms with Gasteiger partial charge >= 0.3 is 0 Å². The molecule has 0 heterocycles. The molecule has 0 aromatic heterocycles. The average molecular weight is 374 g/mol. The molecule has 3 rings (SSSR count). The number of hydrogen-bond donors (Lipinski definition) is 1. The van der Waals surface area contributed by atoms with E-state index in [0.29, 0.717) is 17.9 Å². The maximum atomic E-state index is 12.5. The molecule has 0 fully saturated rings. The third-order valence-electron chi connectivity index (χ3n) is 4.25. The van der Waals surface area contributed by atoms with E-state index in [0.717, 1.165) is 11.3 Å². The van der Waals surface area contributed by atoms with Crippen LogP contribution in [-0.4, -0.2) is 25.5 Å². The number of hydrogen-bond acceptors (Lipinski definition) is 3. The Bertz CT molecular complexity index is 910. The van der Waals surface area contributed by atoms with Crippen molar-refractivity contribution in [3.63, 3.8) is 0 Å². The van der Waals surface area contributed by atoms with Gasteiger partial charge in [-0.3, -0.25) is 9.59 Å². The summed E-state index contributed by atoms with van der Waals surface area (Å²) in [4.78, 5) is 26.0. The Morgan fingerprint density at radius 1 is 0.857 bits per heavy atom. The van der Waals surface area contributed by atoms with E-state index in [2.05, 4.69) is 5.32 Å². The van der Waals surface area contributed by atoms with Crippen LogP contribution in [0.15, 0.2) is 84.9 Å². The predicted molar refractivity (Wildman–Crippen MR) is 109 cm³/mol. The van der Waals surface area contributed by atoms with E-state index in [1.807, 2.05) is 48.5 Å². The van der Waals surface area contributed by atoms with Gasteiger partial charge in [0.1, 0.15) is 5.75 Å². The molecule has 0 aliphatic carbocycles. The lowest BCUT2D eigenvalue weighted by Gasteiger charge is -2.18. The Morgan fingerprint density at radius 3 is 2.11 bits per heavy atom. The molecule has 0 atom stereocenters. The minimum Gasteiger partial charge on any atom is -0.484 e. The first kappa shape index (κ1) is 19.2. The van der Waals surface area contributed by atoms with Crippen molar-refractivity contribution < 1.29 is 14.3 Å². The third kappa shape index (κ3) is 5.20. The molecule has 0 aliphatic rings. The zero-order valence-electron chi connectivity index (χ0n) is 15.7. The fraction of sp³-hybridized carbons (Fsp3) is 0.130. The van der Waals surface area contributed by atoms with Crippen LogP contribution in [0.4, 0.5) is 5.69 Å². The number of rotatable bonds is 7. The number of nitrogens with one attached hydrogen (secondary N) is 1. The van der Waals surface area contributed by atoms with Gasteiger partial charge in [0.15, 0.2) is 6.61 Å². The summed E-state index contributed by atoms with van der Waals surface area (Å²) in [5, 5.41) is 2.82. The van der Waals surface area contributed by atoms with Gasteiger partial charge in [-0.05, 0) is 42.0 Å². The lowest BCUT2D eigenvalue weighted by atomic mass is 10.2. The highest BCUT2D eigenvalue weighted by atomic mass is 16.5. The third-order valence-corrected chi connectivity index (χ3v) is 4.25. The molecular formula is C23H22N2O3. The van der Waals surface area contributed by atoms with Gasteiger partial charge in [0.05, 0.1) is 0 Å². The molecule has 0 saturated heterocycles. The first-order chi connectivity index (χ1) is 13.6. The van der Waals surface area contributed by atoms with Gasteiger partial charge in [-0.25, -0.2) is 0 Å². The van der Waals surface area contributed by atoms with Gasteiger partial charge in [-0.2, -0.15) is 0 Å². The maximum Gasteiger partial charge on any atom is 0.258 e. The van der Waals surface area contributed by atoms with Crippen LogP contribution >= 0.6 is 0 Å². The average Bonchev–Trinajstić information content (AvgIpc) is 2.77.